The van der Waals surface area contributed by atoms with Crippen LogP contribution in [0.5, 0.6) is 0 Å². The van der Waals surface area contributed by atoms with Gasteiger partial charge in [-0.05, 0) is 18.7 Å². The van der Waals surface area contributed by atoms with Crippen molar-refractivity contribution in [2.24, 2.45) is 0 Å². The minimum absolute atomic E-state index is 0.410. The fraction of sp³-hybridized carbons (Fsp3) is 0.500. The van der Waals surface area contributed by atoms with Gasteiger partial charge >= 0.3 is 5.97 Å². The smallest absolute Gasteiger partial charge is 0.340 e. The Balaban J connectivity index is 2.33. The van der Waals surface area contributed by atoms with E-state index in [9.17, 15) is 4.79 Å². The maximum atomic E-state index is 11.9. The number of nitrogens with two attached hydrogens (primary N) is 1. The van der Waals surface area contributed by atoms with Gasteiger partial charge in [0.2, 0.25) is 0 Å². The first-order valence-corrected chi connectivity index (χ1v) is 7.09. The minimum Gasteiger partial charge on any atom is -0.465 e. The molecule has 0 saturated carbocycles. The van der Waals surface area contributed by atoms with Crippen LogP contribution in [0, 0.1) is 0 Å². The Morgan fingerprint density at radius 2 is 2.00 bits per heavy atom. The van der Waals surface area contributed by atoms with Crippen LogP contribution in [0.3, 0.4) is 0 Å². The van der Waals surface area contributed by atoms with Crippen molar-refractivity contribution in [3.05, 3.63) is 22.7 Å². The maximum Gasteiger partial charge on any atom is 0.340 e. The van der Waals surface area contributed by atoms with Crippen molar-refractivity contribution in [2.75, 3.05) is 50.5 Å². The third-order valence-corrected chi connectivity index (χ3v) is 3.91. The standard InChI is InChI=1S/C14H20ClN3O2/c1-3-17-4-6-18(7-5-17)13-11(14(19)20-2)8-10(16)9-12(13)15/h8-9H,3-7,16H2,1-2H3. The molecule has 1 aliphatic rings. The van der Waals surface area contributed by atoms with Gasteiger partial charge in [0, 0.05) is 31.9 Å². The second-order valence-corrected chi connectivity index (χ2v) is 5.22. The fourth-order valence-electron chi connectivity index (χ4n) is 2.49. The minimum atomic E-state index is -0.410. The van der Waals surface area contributed by atoms with Crippen molar-refractivity contribution in [3.63, 3.8) is 0 Å². The molecular weight excluding hydrogens is 278 g/mol. The van der Waals surface area contributed by atoms with Crippen LogP contribution in [0.1, 0.15) is 17.3 Å². The topological polar surface area (TPSA) is 58.8 Å². The summed E-state index contributed by atoms with van der Waals surface area (Å²) in [4.78, 5) is 16.4. The van der Waals surface area contributed by atoms with Gasteiger partial charge in [0.1, 0.15) is 0 Å². The molecule has 1 aromatic rings. The van der Waals surface area contributed by atoms with Crippen LogP contribution in [0.4, 0.5) is 11.4 Å². The molecule has 0 aliphatic carbocycles. The van der Waals surface area contributed by atoms with Gasteiger partial charge in [-0.25, -0.2) is 4.79 Å². The molecule has 2 N–H and O–H groups in total. The largest absolute Gasteiger partial charge is 0.465 e. The molecule has 2 rings (SSSR count). The zero-order valence-electron chi connectivity index (χ0n) is 11.9. The molecule has 1 aromatic carbocycles. The summed E-state index contributed by atoms with van der Waals surface area (Å²) < 4.78 is 4.83. The summed E-state index contributed by atoms with van der Waals surface area (Å²) in [6.07, 6.45) is 0. The molecule has 5 nitrogen and oxygen atoms in total. The van der Waals surface area contributed by atoms with E-state index < -0.39 is 5.97 Å². The van der Waals surface area contributed by atoms with E-state index in [0.29, 0.717) is 16.3 Å². The molecule has 0 radical (unpaired) electrons. The van der Waals surface area contributed by atoms with Crippen molar-refractivity contribution in [2.45, 2.75) is 6.92 Å². The van der Waals surface area contributed by atoms with Crippen LogP contribution in [0.25, 0.3) is 0 Å². The van der Waals surface area contributed by atoms with Gasteiger partial charge in [0.15, 0.2) is 0 Å². The number of anilines is 2. The Bertz CT molecular complexity index is 499. The van der Waals surface area contributed by atoms with Crippen molar-refractivity contribution in [1.82, 2.24) is 4.90 Å². The van der Waals surface area contributed by atoms with E-state index in [0.717, 1.165) is 38.4 Å². The van der Waals surface area contributed by atoms with Gasteiger partial charge in [0.25, 0.3) is 0 Å². The summed E-state index contributed by atoms with van der Waals surface area (Å²) in [5.41, 5.74) is 7.40. The van der Waals surface area contributed by atoms with Gasteiger partial charge in [-0.15, -0.1) is 0 Å². The van der Waals surface area contributed by atoms with Crippen LogP contribution in [-0.4, -0.2) is 50.7 Å². The molecule has 0 unspecified atom stereocenters. The predicted octanol–water partition coefficient (Wildman–Crippen LogP) is 1.85. The second-order valence-electron chi connectivity index (χ2n) is 4.81. The summed E-state index contributed by atoms with van der Waals surface area (Å²) in [6, 6.07) is 3.30. The number of rotatable bonds is 3. The highest BCUT2D eigenvalue weighted by atomic mass is 35.5. The van der Waals surface area contributed by atoms with Gasteiger partial charge < -0.3 is 20.3 Å². The summed E-state index contributed by atoms with van der Waals surface area (Å²) in [6.45, 7) is 6.76. The van der Waals surface area contributed by atoms with Crippen molar-refractivity contribution in [1.29, 1.82) is 0 Å². The summed E-state index contributed by atoms with van der Waals surface area (Å²) in [7, 11) is 1.36. The summed E-state index contributed by atoms with van der Waals surface area (Å²) in [5.74, 6) is -0.410. The Kier molecular flexibility index (Phi) is 4.73. The van der Waals surface area contributed by atoms with Crippen molar-refractivity contribution in [3.8, 4) is 0 Å². The average molecular weight is 298 g/mol. The number of benzene rings is 1. The molecular formula is C14H20ClN3O2. The Hall–Kier alpha value is -1.46. The monoisotopic (exact) mass is 297 g/mol. The Morgan fingerprint density at radius 1 is 1.35 bits per heavy atom. The first kappa shape index (κ1) is 14.9. The van der Waals surface area contributed by atoms with Crippen molar-refractivity contribution < 1.29 is 9.53 Å². The second kappa shape index (κ2) is 6.33. The Morgan fingerprint density at radius 3 is 2.55 bits per heavy atom. The first-order chi connectivity index (χ1) is 9.56. The highest BCUT2D eigenvalue weighted by molar-refractivity contribution is 6.34. The highest BCUT2D eigenvalue weighted by Crippen LogP contribution is 2.33. The number of halogens is 1. The zero-order chi connectivity index (χ0) is 14.7. The lowest BCUT2D eigenvalue weighted by atomic mass is 10.1. The lowest BCUT2D eigenvalue weighted by molar-refractivity contribution is 0.0601. The molecule has 110 valence electrons. The third-order valence-electron chi connectivity index (χ3n) is 3.63. The highest BCUT2D eigenvalue weighted by Gasteiger charge is 2.24. The van der Waals surface area contributed by atoms with Gasteiger partial charge in [0.05, 0.1) is 23.4 Å². The van der Waals surface area contributed by atoms with E-state index >= 15 is 0 Å². The molecule has 0 aromatic heterocycles. The number of nitrogen functional groups attached to an aromatic ring is 1. The fourth-order valence-corrected chi connectivity index (χ4v) is 2.84. The average Bonchev–Trinajstić information content (AvgIpc) is 2.46. The number of hydrogen-bond acceptors (Lipinski definition) is 5. The lowest BCUT2D eigenvalue weighted by Crippen LogP contribution is -2.46. The van der Waals surface area contributed by atoms with E-state index in [4.69, 9.17) is 22.1 Å². The number of carbonyl (C=O) groups excluding carboxylic acids is 1. The third kappa shape index (κ3) is 2.99. The van der Waals surface area contributed by atoms with Crippen LogP contribution in [0.2, 0.25) is 5.02 Å². The number of methoxy groups -OCH3 is 1. The van der Waals surface area contributed by atoms with Crippen LogP contribution >= 0.6 is 11.6 Å². The normalized spacial score (nSPS) is 16.2. The van der Waals surface area contributed by atoms with Gasteiger partial charge in [-0.2, -0.15) is 0 Å². The zero-order valence-corrected chi connectivity index (χ0v) is 12.6. The molecule has 1 saturated heterocycles. The molecule has 1 aliphatic heterocycles. The van der Waals surface area contributed by atoms with E-state index in [-0.39, 0.29) is 0 Å². The van der Waals surface area contributed by atoms with Crippen molar-refractivity contribution >= 4 is 28.9 Å². The molecule has 1 fully saturated rings. The lowest BCUT2D eigenvalue weighted by Gasteiger charge is -2.36. The quantitative estimate of drug-likeness (QED) is 0.681. The molecule has 1 heterocycles. The van der Waals surface area contributed by atoms with Crippen LogP contribution in [-0.2, 0) is 4.74 Å². The number of esters is 1. The maximum absolute atomic E-state index is 11.9. The number of carbonyl (C=O) groups is 1. The van der Waals surface area contributed by atoms with E-state index in [1.807, 2.05) is 0 Å². The molecule has 20 heavy (non-hydrogen) atoms. The number of ether oxygens (including phenoxy) is 1. The molecule has 0 spiro atoms. The number of hydrogen-bond donors (Lipinski definition) is 1. The summed E-state index contributed by atoms with van der Waals surface area (Å²) in [5, 5.41) is 0.496. The predicted molar refractivity (Wildman–Crippen MR) is 81.5 cm³/mol. The molecule has 6 heteroatoms. The SMILES string of the molecule is CCN1CCN(c2c(Cl)cc(N)cc2C(=O)OC)CC1. The molecule has 0 bridgehead atoms. The van der Waals surface area contributed by atoms with Crippen LogP contribution < -0.4 is 10.6 Å². The molecule has 0 atom stereocenters. The molecule has 0 amide bonds. The summed E-state index contributed by atoms with van der Waals surface area (Å²) >= 11 is 6.30. The number of nitrogens with zero attached hydrogens (tertiary/aromatic N) is 2. The van der Waals surface area contributed by atoms with Gasteiger partial charge in [-0.1, -0.05) is 18.5 Å². The van der Waals surface area contributed by atoms with Crippen LogP contribution in [0.15, 0.2) is 12.1 Å². The number of piperazine rings is 1. The van der Waals surface area contributed by atoms with E-state index in [1.165, 1.54) is 7.11 Å². The van der Waals surface area contributed by atoms with E-state index in [1.54, 1.807) is 12.1 Å². The first-order valence-electron chi connectivity index (χ1n) is 6.71. The number of likely N-dealkylation sites (N-methyl/N-ethyl adjacent to an activating group) is 1. The Labute approximate surface area is 124 Å². The van der Waals surface area contributed by atoms with Gasteiger partial charge in [-0.3, -0.25) is 0 Å². The van der Waals surface area contributed by atoms with E-state index in [2.05, 4.69) is 16.7 Å².